The molecule has 0 aliphatic heterocycles. The molecule has 1 rings (SSSR count). The third-order valence-corrected chi connectivity index (χ3v) is 4.56. The molecule has 0 saturated heterocycles. The van der Waals surface area contributed by atoms with E-state index in [1.165, 1.54) is 16.8 Å². The van der Waals surface area contributed by atoms with Gasteiger partial charge in [-0.05, 0) is 38.1 Å². The average Bonchev–Trinajstić information content (AvgIpc) is 2.08. The summed E-state index contributed by atoms with van der Waals surface area (Å²) in [4.78, 5) is 0. The van der Waals surface area contributed by atoms with Gasteiger partial charge in [-0.25, -0.2) is 0 Å². The summed E-state index contributed by atoms with van der Waals surface area (Å²) >= 11 is 0. The summed E-state index contributed by atoms with van der Waals surface area (Å²) in [6.45, 7) is 9.08. The Morgan fingerprint density at radius 2 is 1.77 bits per heavy atom. The highest BCUT2D eigenvalue weighted by Gasteiger charge is 2.08. The smallest absolute Gasteiger partial charge is 0.134 e. The zero-order valence-corrected chi connectivity index (χ0v) is 10.4. The molecule has 0 aliphatic carbocycles. The van der Waals surface area contributed by atoms with E-state index in [1.807, 2.05) is 0 Å². The fourth-order valence-corrected chi connectivity index (χ4v) is 2.23. The van der Waals surface area contributed by atoms with Crippen LogP contribution in [0.3, 0.4) is 0 Å². The SMILES string of the molecule is Cc1cccc(N(C)[SiH](C)C)c1C. The van der Waals surface area contributed by atoms with Gasteiger partial charge in [0.05, 0.1) is 0 Å². The maximum absolute atomic E-state index is 2.45. The van der Waals surface area contributed by atoms with Crippen LogP contribution in [-0.2, 0) is 0 Å². The van der Waals surface area contributed by atoms with Gasteiger partial charge in [0.1, 0.15) is 8.96 Å². The van der Waals surface area contributed by atoms with Crippen molar-refractivity contribution in [3.63, 3.8) is 0 Å². The molecular weight excluding hydrogens is 174 g/mol. The molecule has 13 heavy (non-hydrogen) atoms. The minimum absolute atomic E-state index is 0.707. The van der Waals surface area contributed by atoms with Crippen LogP contribution >= 0.6 is 0 Å². The summed E-state index contributed by atoms with van der Waals surface area (Å²) < 4.78 is 2.45. The molecule has 0 atom stereocenters. The summed E-state index contributed by atoms with van der Waals surface area (Å²) in [7, 11) is 1.50. The maximum Gasteiger partial charge on any atom is 0.134 e. The molecular formula is C11H19NSi. The lowest BCUT2D eigenvalue weighted by atomic mass is 10.1. The van der Waals surface area contributed by atoms with E-state index in [0.29, 0.717) is 0 Å². The maximum atomic E-state index is 2.45. The predicted octanol–water partition coefficient (Wildman–Crippen LogP) is 2.72. The van der Waals surface area contributed by atoms with Crippen LogP contribution in [0.4, 0.5) is 5.69 Å². The number of aryl methyl sites for hydroxylation is 1. The van der Waals surface area contributed by atoms with Crippen molar-refractivity contribution >= 4 is 14.6 Å². The van der Waals surface area contributed by atoms with E-state index in [0.717, 1.165) is 0 Å². The molecule has 0 spiro atoms. The molecule has 1 nitrogen and oxygen atoms in total. The van der Waals surface area contributed by atoms with Crippen LogP contribution in [0, 0.1) is 13.8 Å². The van der Waals surface area contributed by atoms with E-state index < -0.39 is 8.96 Å². The Hall–Kier alpha value is -0.763. The first-order valence-electron chi connectivity index (χ1n) is 4.83. The topological polar surface area (TPSA) is 3.24 Å². The zero-order chi connectivity index (χ0) is 10.0. The highest BCUT2D eigenvalue weighted by Crippen LogP contribution is 2.22. The molecule has 0 unspecified atom stereocenters. The van der Waals surface area contributed by atoms with Gasteiger partial charge in [-0.1, -0.05) is 25.2 Å². The van der Waals surface area contributed by atoms with Crippen LogP contribution in [0.2, 0.25) is 13.1 Å². The Balaban J connectivity index is 3.07. The quantitative estimate of drug-likeness (QED) is 0.653. The van der Waals surface area contributed by atoms with Crippen LogP contribution < -0.4 is 4.57 Å². The third-order valence-electron chi connectivity index (χ3n) is 2.73. The van der Waals surface area contributed by atoms with Gasteiger partial charge in [0, 0.05) is 5.69 Å². The molecule has 0 aromatic heterocycles. The van der Waals surface area contributed by atoms with Crippen molar-refractivity contribution in [1.82, 2.24) is 0 Å². The third kappa shape index (κ3) is 2.13. The second-order valence-corrected chi connectivity index (χ2v) is 6.89. The molecule has 0 radical (unpaired) electrons. The first-order valence-corrected chi connectivity index (χ1v) is 7.65. The fourth-order valence-electron chi connectivity index (χ4n) is 1.40. The van der Waals surface area contributed by atoms with Crippen molar-refractivity contribution in [2.75, 3.05) is 11.6 Å². The van der Waals surface area contributed by atoms with Crippen LogP contribution in [-0.4, -0.2) is 16.0 Å². The van der Waals surface area contributed by atoms with Gasteiger partial charge in [-0.3, -0.25) is 0 Å². The van der Waals surface area contributed by atoms with Crippen LogP contribution in [0.1, 0.15) is 11.1 Å². The molecule has 0 N–H and O–H groups in total. The molecule has 0 bridgehead atoms. The summed E-state index contributed by atoms with van der Waals surface area (Å²) in [5, 5.41) is 0. The first-order chi connectivity index (χ1) is 6.04. The van der Waals surface area contributed by atoms with Crippen molar-refractivity contribution < 1.29 is 0 Å². The summed E-state index contributed by atoms with van der Waals surface area (Å²) in [5.74, 6) is 0. The Morgan fingerprint density at radius 1 is 1.15 bits per heavy atom. The lowest BCUT2D eigenvalue weighted by Gasteiger charge is -2.25. The molecule has 0 amide bonds. The minimum atomic E-state index is -0.707. The highest BCUT2D eigenvalue weighted by atomic mass is 28.3. The molecule has 0 fully saturated rings. The molecule has 0 heterocycles. The van der Waals surface area contributed by atoms with Gasteiger partial charge in [0.15, 0.2) is 0 Å². The second kappa shape index (κ2) is 3.96. The molecule has 2 heteroatoms. The van der Waals surface area contributed by atoms with Gasteiger partial charge in [-0.2, -0.15) is 0 Å². The monoisotopic (exact) mass is 193 g/mol. The van der Waals surface area contributed by atoms with Gasteiger partial charge < -0.3 is 4.57 Å². The van der Waals surface area contributed by atoms with Gasteiger partial charge in [-0.15, -0.1) is 0 Å². The lowest BCUT2D eigenvalue weighted by molar-refractivity contribution is 1.23. The number of nitrogens with zero attached hydrogens (tertiary/aromatic N) is 1. The van der Waals surface area contributed by atoms with Crippen molar-refractivity contribution in [3.05, 3.63) is 29.3 Å². The molecule has 0 aliphatic rings. The standard InChI is InChI=1S/C11H19NSi/c1-9-7-6-8-11(10(9)2)12(3)13(4)5/h6-8,13H,1-5H3. The van der Waals surface area contributed by atoms with E-state index in [2.05, 4.69) is 56.8 Å². The number of anilines is 1. The largest absolute Gasteiger partial charge is 0.403 e. The molecule has 1 aromatic carbocycles. The van der Waals surface area contributed by atoms with Gasteiger partial charge >= 0.3 is 0 Å². The highest BCUT2D eigenvalue weighted by molar-refractivity contribution is 6.60. The van der Waals surface area contributed by atoms with E-state index in [4.69, 9.17) is 0 Å². The second-order valence-electron chi connectivity index (χ2n) is 3.92. The summed E-state index contributed by atoms with van der Waals surface area (Å²) in [6.07, 6.45) is 0. The zero-order valence-electron chi connectivity index (χ0n) is 9.26. The molecule has 0 saturated carbocycles. The van der Waals surface area contributed by atoms with Crippen molar-refractivity contribution in [2.45, 2.75) is 26.9 Å². The molecule has 72 valence electrons. The van der Waals surface area contributed by atoms with E-state index >= 15 is 0 Å². The van der Waals surface area contributed by atoms with Crippen LogP contribution in [0.25, 0.3) is 0 Å². The Bertz CT molecular complexity index is 294. The number of benzene rings is 1. The average molecular weight is 193 g/mol. The Morgan fingerprint density at radius 3 is 2.31 bits per heavy atom. The van der Waals surface area contributed by atoms with E-state index in [9.17, 15) is 0 Å². The number of hydrogen-bond acceptors (Lipinski definition) is 1. The van der Waals surface area contributed by atoms with Crippen LogP contribution in [0.5, 0.6) is 0 Å². The van der Waals surface area contributed by atoms with E-state index in [-0.39, 0.29) is 0 Å². The van der Waals surface area contributed by atoms with Crippen molar-refractivity contribution in [2.24, 2.45) is 0 Å². The van der Waals surface area contributed by atoms with Crippen LogP contribution in [0.15, 0.2) is 18.2 Å². The minimum Gasteiger partial charge on any atom is -0.403 e. The number of rotatable bonds is 2. The Labute approximate surface area is 83.1 Å². The molecule has 1 aromatic rings. The number of hydrogen-bond donors (Lipinski definition) is 0. The predicted molar refractivity (Wildman–Crippen MR) is 63.2 cm³/mol. The lowest BCUT2D eigenvalue weighted by Crippen LogP contribution is -2.30. The van der Waals surface area contributed by atoms with Crippen molar-refractivity contribution in [3.8, 4) is 0 Å². The fraction of sp³-hybridized carbons (Fsp3) is 0.455. The normalized spacial score (nSPS) is 10.6. The van der Waals surface area contributed by atoms with Gasteiger partial charge in [0.25, 0.3) is 0 Å². The Kier molecular flexibility index (Phi) is 3.15. The van der Waals surface area contributed by atoms with Crippen molar-refractivity contribution in [1.29, 1.82) is 0 Å². The van der Waals surface area contributed by atoms with Gasteiger partial charge in [0.2, 0.25) is 0 Å². The summed E-state index contributed by atoms with van der Waals surface area (Å²) in [5.41, 5.74) is 4.21. The summed E-state index contributed by atoms with van der Waals surface area (Å²) in [6, 6.07) is 6.54. The first kappa shape index (κ1) is 10.3. The van der Waals surface area contributed by atoms with E-state index in [1.54, 1.807) is 0 Å².